The largest absolute Gasteiger partial charge is 0.383 e. The maximum Gasteiger partial charge on any atom is 0.269 e. The molecule has 0 spiro atoms. The van der Waals surface area contributed by atoms with Crippen molar-refractivity contribution < 1.29 is 4.79 Å². The van der Waals surface area contributed by atoms with Gasteiger partial charge in [-0.3, -0.25) is 9.59 Å². The Morgan fingerprint density at radius 1 is 1.56 bits per heavy atom. The molecule has 18 heavy (non-hydrogen) atoms. The van der Waals surface area contributed by atoms with E-state index in [-0.39, 0.29) is 5.56 Å². The Bertz CT molecular complexity index is 467. The number of nitrogens with one attached hydrogen (secondary N) is 1. The molecule has 0 bridgehead atoms. The van der Waals surface area contributed by atoms with E-state index in [0.717, 1.165) is 11.2 Å². The number of aromatic nitrogens is 2. The third-order valence-corrected chi connectivity index (χ3v) is 2.55. The number of nitrogens with two attached hydrogens (primary N) is 1. The quantitative estimate of drug-likeness (QED) is 0.781. The van der Waals surface area contributed by atoms with Gasteiger partial charge in [0.05, 0.1) is 11.9 Å². The van der Waals surface area contributed by atoms with E-state index < -0.39 is 11.9 Å². The molecule has 6 nitrogen and oxygen atoms in total. The van der Waals surface area contributed by atoms with Gasteiger partial charge in [0.2, 0.25) is 5.91 Å². The Morgan fingerprint density at radius 3 is 2.67 bits per heavy atom. The zero-order valence-electron chi connectivity index (χ0n) is 11.0. The summed E-state index contributed by atoms with van der Waals surface area (Å²) in [6, 6.07) is 0.748. The van der Waals surface area contributed by atoms with E-state index in [1.54, 1.807) is 6.92 Å². The van der Waals surface area contributed by atoms with E-state index in [9.17, 15) is 9.59 Å². The molecule has 0 radical (unpaired) electrons. The van der Waals surface area contributed by atoms with Crippen LogP contribution >= 0.6 is 0 Å². The maximum atomic E-state index is 11.8. The highest BCUT2D eigenvalue weighted by molar-refractivity contribution is 5.78. The Labute approximate surface area is 106 Å². The molecule has 6 heteroatoms. The second-order valence-corrected chi connectivity index (χ2v) is 4.63. The number of carbonyl (C=O) groups excluding carboxylic acids is 1. The van der Waals surface area contributed by atoms with Crippen LogP contribution in [0.15, 0.2) is 17.1 Å². The van der Waals surface area contributed by atoms with Crippen molar-refractivity contribution in [2.75, 3.05) is 11.9 Å². The Balaban J connectivity index is 2.92. The van der Waals surface area contributed by atoms with Gasteiger partial charge in [0.15, 0.2) is 0 Å². The molecule has 0 aliphatic carbocycles. The molecule has 1 unspecified atom stereocenters. The molecular formula is C12H20N4O2. The second-order valence-electron chi connectivity index (χ2n) is 4.63. The monoisotopic (exact) mass is 252 g/mol. The highest BCUT2D eigenvalue weighted by atomic mass is 16.2. The first-order valence-electron chi connectivity index (χ1n) is 6.07. The number of anilines is 1. The number of nitrogens with zero attached hydrogens (tertiary/aromatic N) is 2. The van der Waals surface area contributed by atoms with Gasteiger partial charge in [0.1, 0.15) is 6.04 Å². The van der Waals surface area contributed by atoms with Gasteiger partial charge < -0.3 is 11.1 Å². The summed E-state index contributed by atoms with van der Waals surface area (Å²) in [5, 5.41) is 7.10. The van der Waals surface area contributed by atoms with Crippen molar-refractivity contribution in [3.63, 3.8) is 0 Å². The molecule has 0 fully saturated rings. The summed E-state index contributed by atoms with van der Waals surface area (Å²) < 4.78 is 1.13. The Morgan fingerprint density at radius 2 is 2.22 bits per heavy atom. The van der Waals surface area contributed by atoms with Gasteiger partial charge in [0.25, 0.3) is 5.56 Å². The second kappa shape index (κ2) is 6.18. The summed E-state index contributed by atoms with van der Waals surface area (Å²) in [6.45, 7) is 6.69. The molecule has 3 N–H and O–H groups in total. The van der Waals surface area contributed by atoms with Crippen LogP contribution in [0.5, 0.6) is 0 Å². The van der Waals surface area contributed by atoms with Gasteiger partial charge >= 0.3 is 0 Å². The van der Waals surface area contributed by atoms with E-state index in [2.05, 4.69) is 24.3 Å². The molecule has 1 rings (SSSR count). The van der Waals surface area contributed by atoms with Crippen molar-refractivity contribution in [1.82, 2.24) is 9.78 Å². The van der Waals surface area contributed by atoms with Crippen LogP contribution in [0.25, 0.3) is 0 Å². The zero-order valence-corrected chi connectivity index (χ0v) is 11.0. The maximum absolute atomic E-state index is 11.8. The lowest BCUT2D eigenvalue weighted by molar-refractivity contribution is -0.121. The molecule has 0 saturated carbocycles. The van der Waals surface area contributed by atoms with Crippen molar-refractivity contribution >= 4 is 11.6 Å². The zero-order chi connectivity index (χ0) is 13.7. The van der Waals surface area contributed by atoms with Crippen LogP contribution < -0.4 is 16.6 Å². The number of rotatable bonds is 6. The predicted octanol–water partition coefficient (Wildman–Crippen LogP) is 0.748. The third kappa shape index (κ3) is 3.58. The summed E-state index contributed by atoms with van der Waals surface area (Å²) in [7, 11) is 0. The van der Waals surface area contributed by atoms with Crippen molar-refractivity contribution in [1.29, 1.82) is 0 Å². The molecule has 1 aromatic heterocycles. The highest BCUT2D eigenvalue weighted by Gasteiger charge is 2.17. The van der Waals surface area contributed by atoms with E-state index in [4.69, 9.17) is 5.73 Å². The fourth-order valence-electron chi connectivity index (χ4n) is 1.57. The summed E-state index contributed by atoms with van der Waals surface area (Å²) in [4.78, 5) is 23.0. The summed E-state index contributed by atoms with van der Waals surface area (Å²) in [6.07, 6.45) is 1.98. The van der Waals surface area contributed by atoms with Crippen molar-refractivity contribution in [2.45, 2.75) is 33.2 Å². The first-order valence-corrected chi connectivity index (χ1v) is 6.07. The van der Waals surface area contributed by atoms with Crippen LogP contribution in [-0.2, 0) is 4.79 Å². The number of primary amides is 1. The van der Waals surface area contributed by atoms with Gasteiger partial charge in [0, 0.05) is 12.6 Å². The van der Waals surface area contributed by atoms with Gasteiger partial charge in [-0.2, -0.15) is 5.10 Å². The highest BCUT2D eigenvalue weighted by Crippen LogP contribution is 2.08. The van der Waals surface area contributed by atoms with Crippen LogP contribution in [-0.4, -0.2) is 22.2 Å². The van der Waals surface area contributed by atoms with Gasteiger partial charge in [-0.05, 0) is 12.3 Å². The molecule has 1 amide bonds. The van der Waals surface area contributed by atoms with Crippen LogP contribution in [0.1, 0.15) is 33.2 Å². The molecule has 100 valence electrons. The minimum absolute atomic E-state index is 0.325. The summed E-state index contributed by atoms with van der Waals surface area (Å²) in [5.41, 5.74) is 5.56. The molecule has 0 saturated heterocycles. The molecular weight excluding hydrogens is 232 g/mol. The Kier molecular flexibility index (Phi) is 4.88. The first-order chi connectivity index (χ1) is 8.45. The number of amides is 1. The van der Waals surface area contributed by atoms with Crippen molar-refractivity contribution in [2.24, 2.45) is 11.7 Å². The van der Waals surface area contributed by atoms with E-state index in [1.807, 2.05) is 0 Å². The average molecular weight is 252 g/mol. The van der Waals surface area contributed by atoms with Crippen LogP contribution in [0.4, 0.5) is 5.69 Å². The minimum atomic E-state index is -0.684. The van der Waals surface area contributed by atoms with Crippen LogP contribution in [0.2, 0.25) is 0 Å². The lowest BCUT2D eigenvalue weighted by Crippen LogP contribution is -2.35. The molecule has 0 aliphatic rings. The van der Waals surface area contributed by atoms with Gasteiger partial charge in [-0.15, -0.1) is 0 Å². The molecule has 1 aromatic rings. The number of hydrogen-bond acceptors (Lipinski definition) is 4. The lowest BCUT2D eigenvalue weighted by Gasteiger charge is -2.14. The lowest BCUT2D eigenvalue weighted by atomic mass is 10.2. The number of hydrogen-bond donors (Lipinski definition) is 2. The molecule has 0 aliphatic heterocycles. The standard InChI is InChI=1S/C12H20N4O2/c1-4-10(12(13)18)16-11(17)5-9(7-15-16)14-6-8(2)3/h5,7-8,10,14H,4,6H2,1-3H3,(H2,13,18). The van der Waals surface area contributed by atoms with Crippen molar-refractivity contribution in [3.8, 4) is 0 Å². The fourth-order valence-corrected chi connectivity index (χ4v) is 1.57. The normalized spacial score (nSPS) is 12.4. The van der Waals surface area contributed by atoms with E-state index in [1.165, 1.54) is 12.3 Å². The van der Waals surface area contributed by atoms with Gasteiger partial charge in [-0.25, -0.2) is 4.68 Å². The summed E-state index contributed by atoms with van der Waals surface area (Å²) >= 11 is 0. The molecule has 1 heterocycles. The molecule has 0 aromatic carbocycles. The first kappa shape index (κ1) is 14.2. The van der Waals surface area contributed by atoms with E-state index in [0.29, 0.717) is 18.0 Å². The minimum Gasteiger partial charge on any atom is -0.383 e. The van der Waals surface area contributed by atoms with Gasteiger partial charge in [-0.1, -0.05) is 20.8 Å². The molecule has 1 atom stereocenters. The third-order valence-electron chi connectivity index (χ3n) is 2.55. The summed E-state index contributed by atoms with van der Waals surface area (Å²) in [5.74, 6) is -0.0727. The number of carbonyl (C=O) groups is 1. The topological polar surface area (TPSA) is 90.0 Å². The van der Waals surface area contributed by atoms with Crippen molar-refractivity contribution in [3.05, 3.63) is 22.6 Å². The Hall–Kier alpha value is -1.85. The van der Waals surface area contributed by atoms with Crippen LogP contribution in [0, 0.1) is 5.92 Å². The van der Waals surface area contributed by atoms with E-state index >= 15 is 0 Å². The fraction of sp³-hybridized carbons (Fsp3) is 0.583. The smallest absolute Gasteiger partial charge is 0.269 e. The predicted molar refractivity (Wildman–Crippen MR) is 70.3 cm³/mol. The SMILES string of the molecule is CCC(C(N)=O)n1ncc(NCC(C)C)cc1=O. The van der Waals surface area contributed by atoms with Crippen LogP contribution in [0.3, 0.4) is 0 Å². The average Bonchev–Trinajstić information content (AvgIpc) is 2.29.